The van der Waals surface area contributed by atoms with Crippen LogP contribution in [0.15, 0.2) is 66.3 Å². The number of nitrogens with zero attached hydrogens (tertiary/aromatic N) is 3. The number of nitrogens with one attached hydrogen (secondary N) is 1. The van der Waals surface area contributed by atoms with Gasteiger partial charge in [0.2, 0.25) is 0 Å². The summed E-state index contributed by atoms with van der Waals surface area (Å²) in [5.41, 5.74) is 2.88. The first kappa shape index (κ1) is 21.1. The number of carbonyl (C=O) groups is 1. The van der Waals surface area contributed by atoms with Crippen LogP contribution in [0, 0.1) is 6.92 Å². The van der Waals surface area contributed by atoms with E-state index in [0.717, 1.165) is 22.0 Å². The van der Waals surface area contributed by atoms with E-state index >= 15 is 0 Å². The van der Waals surface area contributed by atoms with E-state index in [0.29, 0.717) is 23.0 Å². The van der Waals surface area contributed by atoms with Gasteiger partial charge < -0.3 is 9.88 Å². The molecule has 0 aliphatic heterocycles. The molecule has 0 fully saturated rings. The van der Waals surface area contributed by atoms with Crippen molar-refractivity contribution in [1.82, 2.24) is 20.1 Å². The fraction of sp³-hybridized carbons (Fsp3) is 0.227. The molecule has 3 aromatic rings. The zero-order chi connectivity index (χ0) is 20.8. The maximum Gasteiger partial charge on any atom is 0.251 e. The predicted octanol–water partition coefficient (Wildman–Crippen LogP) is 5.21. The van der Waals surface area contributed by atoms with Crippen molar-refractivity contribution < 1.29 is 4.79 Å². The molecule has 0 radical (unpaired) electrons. The zero-order valence-corrected chi connectivity index (χ0v) is 18.0. The molecule has 0 unspecified atom stereocenters. The van der Waals surface area contributed by atoms with Gasteiger partial charge in [0.15, 0.2) is 11.0 Å². The molecular weight excluding hydrogens is 404 g/mol. The van der Waals surface area contributed by atoms with Crippen molar-refractivity contribution in [3.63, 3.8) is 0 Å². The molecule has 1 aromatic heterocycles. The molecule has 1 amide bonds. The van der Waals surface area contributed by atoms with Crippen LogP contribution in [0.5, 0.6) is 0 Å². The van der Waals surface area contributed by atoms with Crippen LogP contribution in [-0.4, -0.2) is 20.7 Å². The quantitative estimate of drug-likeness (QED) is 0.396. The molecule has 0 aliphatic rings. The van der Waals surface area contributed by atoms with Gasteiger partial charge in [-0.3, -0.25) is 4.79 Å². The average Bonchev–Trinajstić information content (AvgIpc) is 3.11. The van der Waals surface area contributed by atoms with Gasteiger partial charge in [-0.05, 0) is 43.7 Å². The highest BCUT2D eigenvalue weighted by molar-refractivity contribution is 7.98. The first-order chi connectivity index (χ1) is 14.0. The minimum Gasteiger partial charge on any atom is -0.342 e. The Morgan fingerprint density at radius 3 is 2.55 bits per heavy atom. The van der Waals surface area contributed by atoms with Gasteiger partial charge in [0.05, 0.1) is 6.04 Å². The lowest BCUT2D eigenvalue weighted by atomic mass is 10.1. The van der Waals surface area contributed by atoms with Gasteiger partial charge in [0.1, 0.15) is 0 Å². The van der Waals surface area contributed by atoms with Gasteiger partial charge >= 0.3 is 0 Å². The Morgan fingerprint density at radius 2 is 1.90 bits per heavy atom. The number of hydrogen-bond acceptors (Lipinski definition) is 4. The number of halogens is 1. The van der Waals surface area contributed by atoms with E-state index in [1.807, 2.05) is 66.9 Å². The SMILES string of the molecule is C=CCn1c(SCc2ccc(Cl)cc2)nnc1[C@H](C)NC(=O)c1ccc(C)cc1. The van der Waals surface area contributed by atoms with E-state index in [-0.39, 0.29) is 11.9 Å². The lowest BCUT2D eigenvalue weighted by molar-refractivity contribution is 0.0937. The smallest absolute Gasteiger partial charge is 0.251 e. The number of aromatic nitrogens is 3. The molecule has 1 N–H and O–H groups in total. The summed E-state index contributed by atoms with van der Waals surface area (Å²) < 4.78 is 1.98. The molecule has 0 bridgehead atoms. The van der Waals surface area contributed by atoms with Gasteiger partial charge in [0.25, 0.3) is 5.91 Å². The minimum absolute atomic E-state index is 0.138. The summed E-state index contributed by atoms with van der Waals surface area (Å²) in [6.45, 7) is 8.30. The Hall–Kier alpha value is -2.57. The van der Waals surface area contributed by atoms with Crippen molar-refractivity contribution in [2.45, 2.75) is 37.3 Å². The number of carbonyl (C=O) groups excluding carboxylic acids is 1. The highest BCUT2D eigenvalue weighted by Crippen LogP contribution is 2.25. The third-order valence-corrected chi connectivity index (χ3v) is 5.68. The molecule has 2 aromatic carbocycles. The van der Waals surface area contributed by atoms with Gasteiger partial charge in [0, 0.05) is 22.9 Å². The van der Waals surface area contributed by atoms with Crippen LogP contribution in [0.25, 0.3) is 0 Å². The first-order valence-electron chi connectivity index (χ1n) is 9.26. The molecule has 5 nitrogen and oxygen atoms in total. The van der Waals surface area contributed by atoms with Gasteiger partial charge in [-0.25, -0.2) is 0 Å². The number of benzene rings is 2. The van der Waals surface area contributed by atoms with E-state index in [1.54, 1.807) is 17.8 Å². The monoisotopic (exact) mass is 426 g/mol. The standard InChI is InChI=1S/C22H23ClN4OS/c1-4-13-27-20(16(3)24-21(28)18-9-5-15(2)6-10-18)25-26-22(27)29-14-17-7-11-19(23)12-8-17/h4-12,16H,1,13-14H2,2-3H3,(H,24,28)/t16-/m0/s1. The van der Waals surface area contributed by atoms with E-state index in [2.05, 4.69) is 22.1 Å². The van der Waals surface area contributed by atoms with Crippen molar-refractivity contribution >= 4 is 29.3 Å². The van der Waals surface area contributed by atoms with Gasteiger partial charge in [-0.15, -0.1) is 16.8 Å². The summed E-state index contributed by atoms with van der Waals surface area (Å²) in [6, 6.07) is 14.9. The fourth-order valence-corrected chi connectivity index (χ4v) is 3.84. The fourth-order valence-electron chi connectivity index (χ4n) is 2.81. The normalized spacial score (nSPS) is 11.8. The Kier molecular flexibility index (Phi) is 7.12. The number of amides is 1. The Labute approximate surface area is 180 Å². The predicted molar refractivity (Wildman–Crippen MR) is 118 cm³/mol. The molecule has 0 saturated carbocycles. The van der Waals surface area contributed by atoms with Crippen LogP contribution in [0.3, 0.4) is 0 Å². The number of hydrogen-bond donors (Lipinski definition) is 1. The molecule has 1 heterocycles. The van der Waals surface area contributed by atoms with Crippen LogP contribution >= 0.6 is 23.4 Å². The average molecular weight is 427 g/mol. The third-order valence-electron chi connectivity index (χ3n) is 4.39. The highest BCUT2D eigenvalue weighted by atomic mass is 35.5. The Balaban J connectivity index is 1.72. The van der Waals surface area contributed by atoms with Crippen molar-refractivity contribution in [3.05, 3.63) is 88.7 Å². The summed E-state index contributed by atoms with van der Waals surface area (Å²) in [5.74, 6) is 1.31. The molecular formula is C22H23ClN4OS. The van der Waals surface area contributed by atoms with E-state index in [1.165, 1.54) is 0 Å². The van der Waals surface area contributed by atoms with Gasteiger partial charge in [-0.1, -0.05) is 59.3 Å². The van der Waals surface area contributed by atoms with Crippen LogP contribution in [0.2, 0.25) is 5.02 Å². The van der Waals surface area contributed by atoms with E-state index in [9.17, 15) is 4.79 Å². The number of aryl methyl sites for hydroxylation is 1. The largest absolute Gasteiger partial charge is 0.342 e. The molecule has 0 saturated heterocycles. The second-order valence-electron chi connectivity index (χ2n) is 6.72. The molecule has 7 heteroatoms. The third kappa shape index (κ3) is 5.49. The summed E-state index contributed by atoms with van der Waals surface area (Å²) in [4.78, 5) is 12.5. The van der Waals surface area contributed by atoms with E-state index in [4.69, 9.17) is 11.6 Å². The molecule has 3 rings (SSSR count). The highest BCUT2D eigenvalue weighted by Gasteiger charge is 2.20. The van der Waals surface area contributed by atoms with Crippen LogP contribution in [0.4, 0.5) is 0 Å². The summed E-state index contributed by atoms with van der Waals surface area (Å²) in [6.07, 6.45) is 1.80. The van der Waals surface area contributed by atoms with Crippen molar-refractivity contribution in [2.24, 2.45) is 0 Å². The molecule has 0 spiro atoms. The van der Waals surface area contributed by atoms with Crippen LogP contribution < -0.4 is 5.32 Å². The molecule has 1 atom stereocenters. The van der Waals surface area contributed by atoms with Gasteiger partial charge in [-0.2, -0.15) is 0 Å². The number of rotatable bonds is 8. The lowest BCUT2D eigenvalue weighted by Crippen LogP contribution is -2.28. The Bertz CT molecular complexity index is 983. The summed E-state index contributed by atoms with van der Waals surface area (Å²) in [5, 5.41) is 13.2. The van der Waals surface area contributed by atoms with Crippen molar-refractivity contribution in [3.8, 4) is 0 Å². The molecule has 150 valence electrons. The first-order valence-corrected chi connectivity index (χ1v) is 10.6. The van der Waals surface area contributed by atoms with E-state index < -0.39 is 0 Å². The minimum atomic E-state index is -0.291. The summed E-state index contributed by atoms with van der Waals surface area (Å²) >= 11 is 7.53. The number of thioether (sulfide) groups is 1. The number of allylic oxidation sites excluding steroid dienone is 1. The van der Waals surface area contributed by atoms with Crippen molar-refractivity contribution in [1.29, 1.82) is 0 Å². The lowest BCUT2D eigenvalue weighted by Gasteiger charge is -2.15. The molecule has 0 aliphatic carbocycles. The zero-order valence-electron chi connectivity index (χ0n) is 16.4. The Morgan fingerprint density at radius 1 is 1.21 bits per heavy atom. The summed E-state index contributed by atoms with van der Waals surface area (Å²) in [7, 11) is 0. The molecule has 29 heavy (non-hydrogen) atoms. The maximum absolute atomic E-state index is 12.5. The maximum atomic E-state index is 12.5. The van der Waals surface area contributed by atoms with Crippen LogP contribution in [0.1, 0.15) is 40.3 Å². The van der Waals surface area contributed by atoms with Crippen LogP contribution in [-0.2, 0) is 12.3 Å². The topological polar surface area (TPSA) is 59.8 Å². The second-order valence-corrected chi connectivity index (χ2v) is 8.10. The second kappa shape index (κ2) is 9.76. The van der Waals surface area contributed by atoms with Crippen molar-refractivity contribution in [2.75, 3.05) is 0 Å².